The van der Waals surface area contributed by atoms with Crippen LogP contribution < -0.4 is 15.5 Å². The molecule has 1 aromatic carbocycles. The topological polar surface area (TPSA) is 149 Å². The smallest absolute Gasteiger partial charge is 0.407 e. The fourth-order valence-electron chi connectivity index (χ4n) is 3.41. The monoisotopic (exact) mass is 529 g/mol. The fourth-order valence-corrected chi connectivity index (χ4v) is 3.41. The van der Waals surface area contributed by atoms with Crippen molar-refractivity contribution in [1.82, 2.24) is 40.6 Å². The average Bonchev–Trinajstić information content (AvgIpc) is 3.53. The molecule has 0 aliphatic heterocycles. The number of aryl methyl sites for hydroxylation is 1. The number of carbonyl (C=O) groups excluding carboxylic acids is 3. The van der Waals surface area contributed by atoms with E-state index in [1.165, 1.54) is 33.7 Å². The number of benzene rings is 1. The summed E-state index contributed by atoms with van der Waals surface area (Å²) in [5.74, 6) is -0.0944. The molecule has 2 N–H and O–H groups in total. The number of nitrogens with zero attached hydrogens (tertiary/aromatic N) is 7. The second-order valence-electron chi connectivity index (χ2n) is 9.54. The van der Waals surface area contributed by atoms with Crippen molar-refractivity contribution in [1.29, 1.82) is 0 Å². The minimum Gasteiger partial charge on any atom is -0.444 e. The Kier molecular flexibility index (Phi) is 9.46. The number of aromatic nitrogens is 6. The first-order chi connectivity index (χ1) is 18.1. The van der Waals surface area contributed by atoms with E-state index in [0.29, 0.717) is 6.41 Å². The summed E-state index contributed by atoms with van der Waals surface area (Å²) in [6.07, 6.45) is 1.90. The van der Waals surface area contributed by atoms with Crippen LogP contribution in [0.5, 0.6) is 0 Å². The molecule has 0 aliphatic carbocycles. The van der Waals surface area contributed by atoms with Gasteiger partial charge in [0, 0.05) is 26.6 Å². The maximum atomic E-state index is 14.6. The molecule has 1 atom stereocenters. The molecule has 0 bridgehead atoms. The van der Waals surface area contributed by atoms with Gasteiger partial charge < -0.3 is 15.4 Å². The number of ether oxygens (including phenoxy) is 1. The second kappa shape index (κ2) is 12.7. The van der Waals surface area contributed by atoms with E-state index in [4.69, 9.17) is 4.74 Å². The molecular weight excluding hydrogens is 497 g/mol. The number of hydrogen-bond acceptors (Lipinski definition) is 8. The van der Waals surface area contributed by atoms with E-state index in [1.54, 1.807) is 20.8 Å². The van der Waals surface area contributed by atoms with Gasteiger partial charge in [-0.15, -0.1) is 10.2 Å². The molecule has 2 heterocycles. The normalized spacial score (nSPS) is 12.0. The van der Waals surface area contributed by atoms with Crippen molar-refractivity contribution in [3.8, 4) is 0 Å². The molecule has 38 heavy (non-hydrogen) atoms. The summed E-state index contributed by atoms with van der Waals surface area (Å²) in [7, 11) is 1.49. The third-order valence-electron chi connectivity index (χ3n) is 5.18. The number of anilines is 1. The molecule has 0 radical (unpaired) electrons. The van der Waals surface area contributed by atoms with Gasteiger partial charge in [-0.05, 0) is 31.9 Å². The Morgan fingerprint density at radius 1 is 1.16 bits per heavy atom. The summed E-state index contributed by atoms with van der Waals surface area (Å²) in [5.41, 5.74) is 1.20. The summed E-state index contributed by atoms with van der Waals surface area (Å²) in [5, 5.41) is 20.6. The fraction of sp³-hybridized carbons (Fsp3) is 0.458. The number of alkyl halides is 1. The first-order valence-corrected chi connectivity index (χ1v) is 12.0. The second-order valence-corrected chi connectivity index (χ2v) is 9.54. The van der Waals surface area contributed by atoms with Crippen LogP contribution in [0.1, 0.15) is 48.8 Å². The van der Waals surface area contributed by atoms with Crippen LogP contribution >= 0.6 is 0 Å². The average molecular weight is 530 g/mol. The molecule has 14 heteroatoms. The van der Waals surface area contributed by atoms with Crippen molar-refractivity contribution in [2.75, 3.05) is 11.9 Å². The van der Waals surface area contributed by atoms with Crippen LogP contribution in [0.3, 0.4) is 0 Å². The number of alkyl carbamates (subject to hydrolysis) is 1. The van der Waals surface area contributed by atoms with Gasteiger partial charge >= 0.3 is 6.09 Å². The van der Waals surface area contributed by atoms with Crippen molar-refractivity contribution >= 4 is 24.2 Å². The maximum absolute atomic E-state index is 14.6. The Hall–Kier alpha value is -4.36. The van der Waals surface area contributed by atoms with E-state index < -0.39 is 17.9 Å². The first kappa shape index (κ1) is 28.2. The van der Waals surface area contributed by atoms with Gasteiger partial charge in [0.2, 0.25) is 6.41 Å². The zero-order valence-corrected chi connectivity index (χ0v) is 21.8. The molecule has 0 fully saturated rings. The molecule has 204 valence electrons. The lowest BCUT2D eigenvalue weighted by molar-refractivity contribution is -0.107. The quantitative estimate of drug-likeness (QED) is 0.338. The van der Waals surface area contributed by atoms with Gasteiger partial charge in [-0.3, -0.25) is 19.2 Å². The van der Waals surface area contributed by atoms with Crippen LogP contribution in [0.4, 0.5) is 15.0 Å². The van der Waals surface area contributed by atoms with Gasteiger partial charge in [0.1, 0.15) is 11.8 Å². The first-order valence-electron chi connectivity index (χ1n) is 12.0. The zero-order valence-electron chi connectivity index (χ0n) is 21.8. The van der Waals surface area contributed by atoms with E-state index in [9.17, 15) is 18.8 Å². The highest BCUT2D eigenvalue weighted by Gasteiger charge is 2.17. The van der Waals surface area contributed by atoms with Crippen LogP contribution in [-0.4, -0.2) is 67.2 Å². The number of halogens is 1. The summed E-state index contributed by atoms with van der Waals surface area (Å²) < 4.78 is 22.5. The molecule has 3 aromatic rings. The number of rotatable bonds is 12. The Labute approximate surface area is 219 Å². The zero-order chi connectivity index (χ0) is 27.7. The lowest BCUT2D eigenvalue weighted by Crippen LogP contribution is -2.32. The molecule has 3 rings (SSSR count). The minimum atomic E-state index is -1.27. The van der Waals surface area contributed by atoms with Crippen molar-refractivity contribution < 1.29 is 23.5 Å². The molecular formula is C24H32FN9O4. The molecule has 1 unspecified atom stereocenters. The third kappa shape index (κ3) is 8.64. The van der Waals surface area contributed by atoms with Crippen LogP contribution in [-0.2, 0) is 35.7 Å². The highest BCUT2D eigenvalue weighted by Crippen LogP contribution is 2.15. The molecule has 0 saturated carbocycles. The van der Waals surface area contributed by atoms with Gasteiger partial charge in [-0.2, -0.15) is 0 Å². The molecule has 0 aliphatic rings. The van der Waals surface area contributed by atoms with Crippen LogP contribution in [0.15, 0.2) is 36.7 Å². The molecule has 3 amide bonds. The lowest BCUT2D eigenvalue weighted by Gasteiger charge is -2.20. The summed E-state index contributed by atoms with van der Waals surface area (Å²) in [6.45, 7) is 6.00. The Morgan fingerprint density at radius 3 is 2.61 bits per heavy atom. The number of carbonyl (C=O) groups is 3. The predicted molar refractivity (Wildman–Crippen MR) is 135 cm³/mol. The molecule has 2 aromatic heterocycles. The van der Waals surface area contributed by atoms with Crippen LogP contribution in [0.2, 0.25) is 0 Å². The summed E-state index contributed by atoms with van der Waals surface area (Å²) in [6, 6.07) is 7.37. The number of amides is 3. The molecule has 0 spiro atoms. The Bertz CT molecular complexity index is 1240. The largest absolute Gasteiger partial charge is 0.444 e. The van der Waals surface area contributed by atoms with Crippen molar-refractivity contribution in [3.05, 3.63) is 53.5 Å². The molecule has 13 nitrogen and oxygen atoms in total. The Balaban J connectivity index is 1.52. The standard InChI is InChI=1S/C24H32FN9O4/c1-24(2,3)38-23(37)27-11-17-6-5-7-18(10-17)12-32(16-35)21-15-34(31-29-21)13-19(25)8-9-33-14-20(28-30-33)22(36)26-4/h5-7,10,14-16,19H,8-9,11-13H2,1-4H3,(H,26,36)(H,27,37). The van der Waals surface area contributed by atoms with Crippen LogP contribution in [0.25, 0.3) is 0 Å². The van der Waals surface area contributed by atoms with Crippen molar-refractivity contribution in [2.45, 2.75) is 65.1 Å². The summed E-state index contributed by atoms with van der Waals surface area (Å²) >= 11 is 0. The highest BCUT2D eigenvalue weighted by atomic mass is 19.1. The predicted octanol–water partition coefficient (Wildman–Crippen LogP) is 1.85. The summed E-state index contributed by atoms with van der Waals surface area (Å²) in [4.78, 5) is 36.6. The van der Waals surface area contributed by atoms with E-state index in [2.05, 4.69) is 31.3 Å². The third-order valence-corrected chi connectivity index (χ3v) is 5.18. The van der Waals surface area contributed by atoms with E-state index >= 15 is 0 Å². The van der Waals surface area contributed by atoms with Gasteiger partial charge in [0.05, 0.1) is 25.5 Å². The van der Waals surface area contributed by atoms with Gasteiger partial charge in [-0.1, -0.05) is 34.7 Å². The van der Waals surface area contributed by atoms with E-state index in [-0.39, 0.29) is 50.0 Å². The van der Waals surface area contributed by atoms with Gasteiger partial charge in [0.15, 0.2) is 11.5 Å². The lowest BCUT2D eigenvalue weighted by atomic mass is 10.1. The number of nitrogens with one attached hydrogen (secondary N) is 2. The number of hydrogen-bond donors (Lipinski definition) is 2. The SMILES string of the molecule is CNC(=O)c1cn(CCC(F)Cn2cc(N(C=O)Cc3cccc(CNC(=O)OC(C)(C)C)c3)nn2)nn1. The minimum absolute atomic E-state index is 0.0669. The van der Waals surface area contributed by atoms with Crippen LogP contribution in [0, 0.1) is 0 Å². The maximum Gasteiger partial charge on any atom is 0.407 e. The van der Waals surface area contributed by atoms with E-state index in [1.807, 2.05) is 24.3 Å². The highest BCUT2D eigenvalue weighted by molar-refractivity contribution is 5.91. The van der Waals surface area contributed by atoms with E-state index in [0.717, 1.165) is 11.1 Å². The Morgan fingerprint density at radius 2 is 1.89 bits per heavy atom. The van der Waals surface area contributed by atoms with Gasteiger partial charge in [0.25, 0.3) is 5.91 Å². The van der Waals surface area contributed by atoms with Crippen molar-refractivity contribution in [3.63, 3.8) is 0 Å². The van der Waals surface area contributed by atoms with Crippen molar-refractivity contribution in [2.24, 2.45) is 0 Å². The molecule has 0 saturated heterocycles. The van der Waals surface area contributed by atoms with Gasteiger partial charge in [-0.25, -0.2) is 13.9 Å².